The molecular formula is C9H12N4O4. The van der Waals surface area contributed by atoms with Gasteiger partial charge in [-0.1, -0.05) is 0 Å². The lowest BCUT2D eigenvalue weighted by atomic mass is 10.3. The fourth-order valence-electron chi connectivity index (χ4n) is 1.03. The standard InChI is InChI=1S/C9H12N4O4/c10-8(16)6(14)4-12-7(15)5-13-3-1-2-11-9(13)17/h1-3,6,14H,4-5H2,(H2,10,16)(H,12,15). The fraction of sp³-hybridized carbons (Fsp3) is 0.333. The summed E-state index contributed by atoms with van der Waals surface area (Å²) in [6.45, 7) is -0.526. The van der Waals surface area contributed by atoms with E-state index in [1.54, 1.807) is 0 Å². The number of hydrogen-bond donors (Lipinski definition) is 3. The molecule has 2 amide bonds. The number of nitrogens with one attached hydrogen (secondary N) is 1. The van der Waals surface area contributed by atoms with E-state index >= 15 is 0 Å². The van der Waals surface area contributed by atoms with Gasteiger partial charge in [-0.05, 0) is 6.07 Å². The third kappa shape index (κ3) is 4.03. The second-order valence-corrected chi connectivity index (χ2v) is 3.25. The van der Waals surface area contributed by atoms with Crippen molar-refractivity contribution in [2.24, 2.45) is 5.73 Å². The number of nitrogens with two attached hydrogens (primary N) is 1. The lowest BCUT2D eigenvalue weighted by Gasteiger charge is -2.09. The van der Waals surface area contributed by atoms with Gasteiger partial charge in [0.25, 0.3) is 0 Å². The molecule has 4 N–H and O–H groups in total. The second-order valence-electron chi connectivity index (χ2n) is 3.25. The van der Waals surface area contributed by atoms with E-state index in [-0.39, 0.29) is 13.1 Å². The molecule has 0 radical (unpaired) electrons. The maximum atomic E-state index is 11.3. The molecule has 17 heavy (non-hydrogen) atoms. The number of primary amides is 1. The van der Waals surface area contributed by atoms with E-state index in [1.807, 2.05) is 0 Å². The molecular weight excluding hydrogens is 228 g/mol. The first kappa shape index (κ1) is 12.8. The zero-order valence-electron chi connectivity index (χ0n) is 8.87. The van der Waals surface area contributed by atoms with Gasteiger partial charge in [0.1, 0.15) is 12.6 Å². The largest absolute Gasteiger partial charge is 0.381 e. The lowest BCUT2D eigenvalue weighted by Crippen LogP contribution is -2.41. The normalized spacial score (nSPS) is 11.8. The van der Waals surface area contributed by atoms with Crippen LogP contribution in [0.15, 0.2) is 23.3 Å². The van der Waals surface area contributed by atoms with Crippen LogP contribution in [0.1, 0.15) is 0 Å². The van der Waals surface area contributed by atoms with Crippen molar-refractivity contribution in [1.82, 2.24) is 14.9 Å². The fourth-order valence-corrected chi connectivity index (χ4v) is 1.03. The van der Waals surface area contributed by atoms with Crippen molar-refractivity contribution in [3.63, 3.8) is 0 Å². The van der Waals surface area contributed by atoms with Crippen molar-refractivity contribution >= 4 is 11.8 Å². The molecule has 1 aromatic heterocycles. The second kappa shape index (κ2) is 5.75. The molecule has 1 atom stereocenters. The van der Waals surface area contributed by atoms with Gasteiger partial charge in [0.2, 0.25) is 11.8 Å². The van der Waals surface area contributed by atoms with Gasteiger partial charge >= 0.3 is 5.69 Å². The summed E-state index contributed by atoms with van der Waals surface area (Å²) in [6, 6.07) is 1.51. The van der Waals surface area contributed by atoms with Crippen molar-refractivity contribution in [3.8, 4) is 0 Å². The highest BCUT2D eigenvalue weighted by Crippen LogP contribution is 1.82. The van der Waals surface area contributed by atoms with Crippen LogP contribution in [0.5, 0.6) is 0 Å². The zero-order chi connectivity index (χ0) is 12.8. The Hall–Kier alpha value is -2.22. The Balaban J connectivity index is 2.48. The summed E-state index contributed by atoms with van der Waals surface area (Å²) in [5.41, 5.74) is 4.24. The molecule has 1 rings (SSSR count). The van der Waals surface area contributed by atoms with E-state index in [4.69, 9.17) is 10.8 Å². The Bertz CT molecular complexity index is 470. The van der Waals surface area contributed by atoms with E-state index in [2.05, 4.69) is 10.3 Å². The van der Waals surface area contributed by atoms with Crippen molar-refractivity contribution in [1.29, 1.82) is 0 Å². The monoisotopic (exact) mass is 240 g/mol. The van der Waals surface area contributed by atoms with Crippen LogP contribution in [0.2, 0.25) is 0 Å². The summed E-state index contributed by atoms with van der Waals surface area (Å²) in [5, 5.41) is 11.3. The highest BCUT2D eigenvalue weighted by molar-refractivity contribution is 5.80. The predicted octanol–water partition coefficient (Wildman–Crippen LogP) is -2.79. The van der Waals surface area contributed by atoms with Gasteiger partial charge < -0.3 is 16.2 Å². The van der Waals surface area contributed by atoms with Gasteiger partial charge in [-0.25, -0.2) is 9.78 Å². The van der Waals surface area contributed by atoms with Crippen molar-refractivity contribution in [2.45, 2.75) is 12.6 Å². The van der Waals surface area contributed by atoms with E-state index in [0.29, 0.717) is 0 Å². The molecule has 1 aromatic rings. The molecule has 0 spiro atoms. The third-order valence-corrected chi connectivity index (χ3v) is 1.92. The smallest absolute Gasteiger partial charge is 0.347 e. The molecule has 0 aliphatic rings. The molecule has 0 saturated heterocycles. The minimum absolute atomic E-state index is 0.238. The van der Waals surface area contributed by atoms with Crippen LogP contribution < -0.4 is 16.7 Å². The molecule has 0 aromatic carbocycles. The number of nitrogens with zero attached hydrogens (tertiary/aromatic N) is 2. The molecule has 0 bridgehead atoms. The molecule has 0 aliphatic carbocycles. The van der Waals surface area contributed by atoms with Gasteiger partial charge in [0.15, 0.2) is 0 Å². The van der Waals surface area contributed by atoms with Crippen LogP contribution >= 0.6 is 0 Å². The Morgan fingerprint density at radius 1 is 1.59 bits per heavy atom. The molecule has 0 saturated carbocycles. The Morgan fingerprint density at radius 2 is 2.29 bits per heavy atom. The number of aliphatic hydroxyl groups is 1. The number of carbonyl (C=O) groups excluding carboxylic acids is 2. The summed E-state index contributed by atoms with van der Waals surface area (Å²) in [6.07, 6.45) is 1.28. The minimum atomic E-state index is -1.44. The summed E-state index contributed by atoms with van der Waals surface area (Å²) < 4.78 is 1.09. The van der Waals surface area contributed by atoms with E-state index in [9.17, 15) is 14.4 Å². The van der Waals surface area contributed by atoms with Crippen molar-refractivity contribution in [2.75, 3.05) is 6.54 Å². The first-order valence-corrected chi connectivity index (χ1v) is 4.76. The Labute approximate surface area is 96.1 Å². The number of hydrogen-bond acceptors (Lipinski definition) is 5. The van der Waals surface area contributed by atoms with Crippen LogP contribution in [-0.2, 0) is 16.1 Å². The SMILES string of the molecule is NC(=O)C(O)CNC(=O)Cn1cccnc1=O. The van der Waals surface area contributed by atoms with Gasteiger partial charge in [0.05, 0.1) is 6.54 Å². The molecule has 92 valence electrons. The van der Waals surface area contributed by atoms with Crippen LogP contribution in [0.3, 0.4) is 0 Å². The van der Waals surface area contributed by atoms with Crippen LogP contribution in [-0.4, -0.2) is 39.1 Å². The summed E-state index contributed by atoms with van der Waals surface area (Å²) in [4.78, 5) is 36.4. The minimum Gasteiger partial charge on any atom is -0.381 e. The maximum absolute atomic E-state index is 11.3. The predicted molar refractivity (Wildman–Crippen MR) is 56.7 cm³/mol. The molecule has 8 heteroatoms. The average Bonchev–Trinajstić information content (AvgIpc) is 2.29. The number of aliphatic hydroxyl groups excluding tert-OH is 1. The van der Waals surface area contributed by atoms with Gasteiger partial charge in [-0.3, -0.25) is 14.2 Å². The summed E-state index contributed by atoms with van der Waals surface area (Å²) in [7, 11) is 0. The molecule has 0 aliphatic heterocycles. The molecule has 1 unspecified atom stereocenters. The van der Waals surface area contributed by atoms with E-state index in [0.717, 1.165) is 4.57 Å². The van der Waals surface area contributed by atoms with Crippen LogP contribution in [0.25, 0.3) is 0 Å². The van der Waals surface area contributed by atoms with Gasteiger partial charge in [-0.2, -0.15) is 0 Å². The van der Waals surface area contributed by atoms with E-state index in [1.165, 1.54) is 18.5 Å². The number of amides is 2. The lowest BCUT2D eigenvalue weighted by molar-refractivity contribution is -0.127. The summed E-state index contributed by atoms with van der Waals surface area (Å²) in [5.74, 6) is -1.45. The van der Waals surface area contributed by atoms with Gasteiger partial charge in [-0.15, -0.1) is 0 Å². The highest BCUT2D eigenvalue weighted by Gasteiger charge is 2.12. The Morgan fingerprint density at radius 3 is 2.88 bits per heavy atom. The summed E-state index contributed by atoms with van der Waals surface area (Å²) >= 11 is 0. The Kier molecular flexibility index (Phi) is 4.35. The molecule has 0 fully saturated rings. The number of rotatable bonds is 5. The molecule has 1 heterocycles. The zero-order valence-corrected chi connectivity index (χ0v) is 8.87. The first-order valence-electron chi connectivity index (χ1n) is 4.76. The van der Waals surface area contributed by atoms with Crippen LogP contribution in [0, 0.1) is 0 Å². The van der Waals surface area contributed by atoms with Crippen LogP contribution in [0.4, 0.5) is 0 Å². The van der Waals surface area contributed by atoms with Gasteiger partial charge in [0, 0.05) is 12.4 Å². The number of aromatic nitrogens is 2. The first-order chi connectivity index (χ1) is 8.00. The topological polar surface area (TPSA) is 127 Å². The third-order valence-electron chi connectivity index (χ3n) is 1.92. The number of carbonyl (C=O) groups is 2. The van der Waals surface area contributed by atoms with Crippen molar-refractivity contribution < 1.29 is 14.7 Å². The van der Waals surface area contributed by atoms with Crippen molar-refractivity contribution in [3.05, 3.63) is 28.9 Å². The average molecular weight is 240 g/mol. The maximum Gasteiger partial charge on any atom is 0.347 e. The highest BCUT2D eigenvalue weighted by atomic mass is 16.3. The molecule has 8 nitrogen and oxygen atoms in total. The van der Waals surface area contributed by atoms with E-state index < -0.39 is 23.6 Å². The quantitative estimate of drug-likeness (QED) is 0.512.